The molecule has 1 fully saturated rings. The molecule has 1 aliphatic rings. The number of carbonyl (C=O) groups is 1. The molecule has 4 rings (SSSR count). The van der Waals surface area contributed by atoms with Gasteiger partial charge in [-0.1, -0.05) is 41.9 Å². The van der Waals surface area contributed by atoms with Crippen molar-refractivity contribution in [2.45, 2.75) is 6.92 Å². The Labute approximate surface area is 166 Å². The van der Waals surface area contributed by atoms with Crippen LogP contribution in [-0.2, 0) is 4.79 Å². The fraction of sp³-hybridized carbons (Fsp3) is 0.0476. The van der Waals surface area contributed by atoms with Gasteiger partial charge in [0.1, 0.15) is 11.5 Å². The molecule has 4 nitrogen and oxygen atoms in total. The predicted molar refractivity (Wildman–Crippen MR) is 111 cm³/mol. The Hall–Kier alpha value is -2.76. The Bertz CT molecular complexity index is 1090. The standard InChI is InChI=1S/C21H15ClN2O2S/c1-13-6-2-5-9-17(13)23-21-24-20(25)19(27-21)12-14-10-11-18(26-14)15-7-3-4-8-16(15)22/h2-12H,1H3,(H,23,24,25)/b19-12+. The zero-order valence-corrected chi connectivity index (χ0v) is 16.0. The van der Waals surface area contributed by atoms with Gasteiger partial charge in [-0.05, 0) is 54.6 Å². The first-order valence-electron chi connectivity index (χ1n) is 8.30. The maximum atomic E-state index is 12.3. The number of hydrogen-bond donors (Lipinski definition) is 1. The highest BCUT2D eigenvalue weighted by molar-refractivity contribution is 8.18. The van der Waals surface area contributed by atoms with Gasteiger partial charge >= 0.3 is 0 Å². The molecule has 2 aromatic carbocycles. The van der Waals surface area contributed by atoms with Crippen LogP contribution in [0.1, 0.15) is 11.3 Å². The summed E-state index contributed by atoms with van der Waals surface area (Å²) in [5.74, 6) is 1.05. The van der Waals surface area contributed by atoms with Crippen molar-refractivity contribution in [1.82, 2.24) is 5.32 Å². The topological polar surface area (TPSA) is 54.6 Å². The largest absolute Gasteiger partial charge is 0.457 e. The predicted octanol–water partition coefficient (Wildman–Crippen LogP) is 5.80. The van der Waals surface area contributed by atoms with Gasteiger partial charge in [0.05, 0.1) is 15.6 Å². The Morgan fingerprint density at radius 1 is 1.07 bits per heavy atom. The van der Waals surface area contributed by atoms with Crippen LogP contribution in [0.5, 0.6) is 0 Å². The van der Waals surface area contributed by atoms with E-state index in [1.165, 1.54) is 11.8 Å². The van der Waals surface area contributed by atoms with Gasteiger partial charge in [0.2, 0.25) is 0 Å². The second kappa shape index (κ2) is 7.47. The molecule has 0 radical (unpaired) electrons. The fourth-order valence-electron chi connectivity index (χ4n) is 2.64. The van der Waals surface area contributed by atoms with E-state index in [9.17, 15) is 4.79 Å². The monoisotopic (exact) mass is 394 g/mol. The lowest BCUT2D eigenvalue weighted by atomic mass is 10.2. The third kappa shape index (κ3) is 3.84. The summed E-state index contributed by atoms with van der Waals surface area (Å²) in [4.78, 5) is 17.3. The van der Waals surface area contributed by atoms with E-state index < -0.39 is 0 Å². The normalized spacial score (nSPS) is 16.9. The van der Waals surface area contributed by atoms with E-state index in [2.05, 4.69) is 10.3 Å². The van der Waals surface area contributed by atoms with Crippen LogP contribution in [0.3, 0.4) is 0 Å². The second-order valence-corrected chi connectivity index (χ2v) is 7.39. The molecule has 6 heteroatoms. The van der Waals surface area contributed by atoms with E-state index in [1.807, 2.05) is 67.6 Å². The summed E-state index contributed by atoms with van der Waals surface area (Å²) in [6.45, 7) is 1.98. The molecule has 3 aromatic rings. The Balaban J connectivity index is 1.58. The van der Waals surface area contributed by atoms with Gasteiger partial charge in [0.15, 0.2) is 5.17 Å². The SMILES string of the molecule is Cc1ccccc1N=C1NC(=O)/C(=C\c2ccc(-c3ccccc3Cl)o2)S1. The number of halogens is 1. The highest BCUT2D eigenvalue weighted by Crippen LogP contribution is 2.32. The molecule has 1 aromatic heterocycles. The first kappa shape index (κ1) is 17.6. The molecule has 0 bridgehead atoms. The number of aryl methyl sites for hydroxylation is 1. The van der Waals surface area contributed by atoms with Crippen molar-refractivity contribution in [2.24, 2.45) is 4.99 Å². The molecule has 0 unspecified atom stereocenters. The van der Waals surface area contributed by atoms with Crippen molar-refractivity contribution < 1.29 is 9.21 Å². The Kier molecular flexibility index (Phi) is 4.88. The smallest absolute Gasteiger partial charge is 0.264 e. The number of nitrogens with one attached hydrogen (secondary N) is 1. The molecule has 0 atom stereocenters. The van der Waals surface area contributed by atoms with Crippen LogP contribution in [-0.4, -0.2) is 11.1 Å². The lowest BCUT2D eigenvalue weighted by Crippen LogP contribution is -2.19. The van der Waals surface area contributed by atoms with E-state index in [0.717, 1.165) is 16.8 Å². The van der Waals surface area contributed by atoms with Gasteiger partial charge in [0, 0.05) is 11.6 Å². The van der Waals surface area contributed by atoms with E-state index >= 15 is 0 Å². The van der Waals surface area contributed by atoms with E-state index in [1.54, 1.807) is 6.08 Å². The lowest BCUT2D eigenvalue weighted by molar-refractivity contribution is -0.115. The van der Waals surface area contributed by atoms with Crippen LogP contribution in [0.4, 0.5) is 5.69 Å². The van der Waals surface area contributed by atoms with Crippen molar-refractivity contribution in [3.05, 3.63) is 81.9 Å². The number of benzene rings is 2. The van der Waals surface area contributed by atoms with Crippen molar-refractivity contribution in [1.29, 1.82) is 0 Å². The number of nitrogens with zero attached hydrogens (tertiary/aromatic N) is 1. The summed E-state index contributed by atoms with van der Waals surface area (Å²) >= 11 is 7.50. The van der Waals surface area contributed by atoms with Crippen molar-refractivity contribution in [3.8, 4) is 11.3 Å². The number of aliphatic imine (C=N–C) groups is 1. The molecular formula is C21H15ClN2O2S. The third-order valence-corrected chi connectivity index (χ3v) is 5.27. The number of para-hydroxylation sites is 1. The van der Waals surface area contributed by atoms with Crippen LogP contribution in [0.25, 0.3) is 17.4 Å². The van der Waals surface area contributed by atoms with Gasteiger partial charge in [-0.2, -0.15) is 0 Å². The third-order valence-electron chi connectivity index (χ3n) is 4.03. The van der Waals surface area contributed by atoms with Crippen molar-refractivity contribution in [2.75, 3.05) is 0 Å². The second-order valence-electron chi connectivity index (χ2n) is 5.95. The lowest BCUT2D eigenvalue weighted by Gasteiger charge is -1.99. The summed E-state index contributed by atoms with van der Waals surface area (Å²) < 4.78 is 5.84. The number of rotatable bonds is 3. The molecule has 1 saturated heterocycles. The van der Waals surface area contributed by atoms with Crippen LogP contribution < -0.4 is 5.32 Å². The van der Waals surface area contributed by atoms with Crippen molar-refractivity contribution in [3.63, 3.8) is 0 Å². The molecule has 134 valence electrons. The highest BCUT2D eigenvalue weighted by Gasteiger charge is 2.24. The van der Waals surface area contributed by atoms with Gasteiger partial charge in [0.25, 0.3) is 5.91 Å². The quantitative estimate of drug-likeness (QED) is 0.571. The van der Waals surface area contributed by atoms with Crippen LogP contribution in [0, 0.1) is 6.92 Å². The van der Waals surface area contributed by atoms with Gasteiger partial charge in [-0.25, -0.2) is 4.99 Å². The molecular weight excluding hydrogens is 380 g/mol. The average molecular weight is 395 g/mol. The number of amides is 1. The maximum absolute atomic E-state index is 12.3. The fourth-order valence-corrected chi connectivity index (χ4v) is 3.69. The minimum Gasteiger partial charge on any atom is -0.457 e. The van der Waals surface area contributed by atoms with Gasteiger partial charge in [-0.15, -0.1) is 0 Å². The van der Waals surface area contributed by atoms with Gasteiger partial charge < -0.3 is 9.73 Å². The minimum absolute atomic E-state index is 0.192. The van der Waals surface area contributed by atoms with Gasteiger partial charge in [-0.3, -0.25) is 4.79 Å². The first-order chi connectivity index (χ1) is 13.1. The summed E-state index contributed by atoms with van der Waals surface area (Å²) in [6, 6.07) is 18.9. The van der Waals surface area contributed by atoms with Crippen molar-refractivity contribution >= 4 is 46.2 Å². The Morgan fingerprint density at radius 3 is 2.67 bits per heavy atom. The minimum atomic E-state index is -0.192. The molecule has 0 saturated carbocycles. The molecule has 27 heavy (non-hydrogen) atoms. The van der Waals surface area contributed by atoms with Crippen LogP contribution >= 0.6 is 23.4 Å². The molecule has 2 heterocycles. The summed E-state index contributed by atoms with van der Waals surface area (Å²) in [6.07, 6.45) is 1.71. The number of carbonyl (C=O) groups excluding carboxylic acids is 1. The van der Waals surface area contributed by atoms with E-state index in [-0.39, 0.29) is 5.91 Å². The van der Waals surface area contributed by atoms with E-state index in [0.29, 0.717) is 26.6 Å². The highest BCUT2D eigenvalue weighted by atomic mass is 35.5. The summed E-state index contributed by atoms with van der Waals surface area (Å²) in [7, 11) is 0. The zero-order valence-electron chi connectivity index (χ0n) is 14.4. The Morgan fingerprint density at radius 2 is 1.85 bits per heavy atom. The van der Waals surface area contributed by atoms with Crippen LogP contribution in [0.15, 0.2) is 75.0 Å². The molecule has 1 amide bonds. The van der Waals surface area contributed by atoms with Crippen LogP contribution in [0.2, 0.25) is 5.02 Å². The molecule has 1 N–H and O–H groups in total. The average Bonchev–Trinajstić information content (AvgIpc) is 3.25. The van der Waals surface area contributed by atoms with E-state index in [4.69, 9.17) is 16.0 Å². The first-order valence-corrected chi connectivity index (χ1v) is 9.49. The summed E-state index contributed by atoms with van der Waals surface area (Å²) in [5.41, 5.74) is 2.70. The molecule has 0 aliphatic carbocycles. The number of furan rings is 1. The zero-order chi connectivity index (χ0) is 18.8. The molecule has 0 spiro atoms. The number of thioether (sulfide) groups is 1. The summed E-state index contributed by atoms with van der Waals surface area (Å²) in [5, 5.41) is 3.96. The number of amidine groups is 1. The number of hydrogen-bond acceptors (Lipinski definition) is 4. The molecule has 1 aliphatic heterocycles. The maximum Gasteiger partial charge on any atom is 0.264 e.